The first-order valence-electron chi connectivity index (χ1n) is 9.65. The van der Waals surface area contributed by atoms with Crippen molar-refractivity contribution in [3.63, 3.8) is 0 Å². The molecule has 1 heterocycles. The van der Waals surface area contributed by atoms with Crippen molar-refractivity contribution in [3.8, 4) is 0 Å². The summed E-state index contributed by atoms with van der Waals surface area (Å²) in [6, 6.07) is 14.6. The maximum absolute atomic E-state index is 13.1. The van der Waals surface area contributed by atoms with E-state index in [-0.39, 0.29) is 18.2 Å². The van der Waals surface area contributed by atoms with Gasteiger partial charge in [0.05, 0.1) is 12.1 Å². The van der Waals surface area contributed by atoms with Gasteiger partial charge in [0.15, 0.2) is 5.11 Å². The Bertz CT molecular complexity index is 922. The normalized spacial score (nSPS) is 16.3. The molecule has 1 saturated heterocycles. The highest BCUT2D eigenvalue weighted by molar-refractivity contribution is 7.80. The summed E-state index contributed by atoms with van der Waals surface area (Å²) in [6.07, 6.45) is 2.64. The summed E-state index contributed by atoms with van der Waals surface area (Å²) < 4.78 is 0. The van der Waals surface area contributed by atoms with Crippen LogP contribution in [0.5, 0.6) is 0 Å². The van der Waals surface area contributed by atoms with Gasteiger partial charge in [-0.3, -0.25) is 14.5 Å². The number of nitrogens with one attached hydrogen (secondary N) is 1. The van der Waals surface area contributed by atoms with E-state index in [0.29, 0.717) is 23.0 Å². The van der Waals surface area contributed by atoms with Gasteiger partial charge in [0.25, 0.3) is 5.91 Å². The number of nitrogens with zero attached hydrogens (tertiary/aromatic N) is 2. The summed E-state index contributed by atoms with van der Waals surface area (Å²) in [5.74, 6) is -0.424. The van der Waals surface area contributed by atoms with Gasteiger partial charge >= 0.3 is 0 Å². The lowest BCUT2D eigenvalue weighted by atomic mass is 10.1. The van der Waals surface area contributed by atoms with Crippen LogP contribution in [0.25, 0.3) is 0 Å². The maximum atomic E-state index is 13.1. The molecule has 0 unspecified atom stereocenters. The molecule has 6 heteroatoms. The predicted molar refractivity (Wildman–Crippen MR) is 121 cm³/mol. The molecule has 1 atom stereocenters. The van der Waals surface area contributed by atoms with Gasteiger partial charge in [0.2, 0.25) is 5.91 Å². The van der Waals surface area contributed by atoms with Gasteiger partial charge in [0, 0.05) is 12.2 Å². The van der Waals surface area contributed by atoms with Gasteiger partial charge in [-0.2, -0.15) is 0 Å². The monoisotopic (exact) mass is 407 g/mol. The number of thiocarbonyl (C=S) groups is 1. The molecule has 2 aromatic rings. The van der Waals surface area contributed by atoms with Crippen molar-refractivity contribution in [1.82, 2.24) is 4.90 Å². The van der Waals surface area contributed by atoms with E-state index in [0.717, 1.165) is 12.0 Å². The topological polar surface area (TPSA) is 52.7 Å². The van der Waals surface area contributed by atoms with E-state index in [9.17, 15) is 9.59 Å². The average Bonchev–Trinajstić information content (AvgIpc) is 2.94. The van der Waals surface area contributed by atoms with E-state index in [1.165, 1.54) is 10.5 Å². The lowest BCUT2D eigenvalue weighted by Gasteiger charge is -2.22. The SMILES string of the molecule is C=CCN1C(=S)N(c2ccc(C)cc2)C(=O)[C@@H]1CC(=O)Nc1ccc(CC)cc1. The second kappa shape index (κ2) is 9.01. The zero-order valence-electron chi connectivity index (χ0n) is 16.7. The number of benzene rings is 2. The van der Waals surface area contributed by atoms with Gasteiger partial charge < -0.3 is 10.2 Å². The van der Waals surface area contributed by atoms with E-state index in [1.54, 1.807) is 11.0 Å². The lowest BCUT2D eigenvalue weighted by molar-refractivity contribution is -0.124. The van der Waals surface area contributed by atoms with Crippen LogP contribution in [0, 0.1) is 6.92 Å². The summed E-state index contributed by atoms with van der Waals surface area (Å²) in [6.45, 7) is 8.22. The highest BCUT2D eigenvalue weighted by Crippen LogP contribution is 2.27. The van der Waals surface area contributed by atoms with E-state index >= 15 is 0 Å². The number of carbonyl (C=O) groups is 2. The van der Waals surface area contributed by atoms with Crippen LogP contribution in [-0.2, 0) is 16.0 Å². The first kappa shape index (κ1) is 20.7. The number of rotatable bonds is 7. The van der Waals surface area contributed by atoms with Crippen LogP contribution in [0.3, 0.4) is 0 Å². The summed E-state index contributed by atoms with van der Waals surface area (Å²) >= 11 is 5.56. The minimum atomic E-state index is -0.656. The number of hydrogen-bond acceptors (Lipinski definition) is 3. The van der Waals surface area contributed by atoms with Crippen molar-refractivity contribution in [2.45, 2.75) is 32.7 Å². The Morgan fingerprint density at radius 1 is 1.17 bits per heavy atom. The summed E-state index contributed by atoms with van der Waals surface area (Å²) in [4.78, 5) is 29.0. The second-order valence-corrected chi connectivity index (χ2v) is 7.42. The molecule has 0 bridgehead atoms. The first-order chi connectivity index (χ1) is 13.9. The molecule has 1 aliphatic rings. The van der Waals surface area contributed by atoms with Gasteiger partial charge in [-0.1, -0.05) is 42.8 Å². The quantitative estimate of drug-likeness (QED) is 0.555. The van der Waals surface area contributed by atoms with Crippen LogP contribution in [0.15, 0.2) is 61.2 Å². The maximum Gasteiger partial charge on any atom is 0.256 e. The van der Waals surface area contributed by atoms with Gasteiger partial charge in [-0.25, -0.2) is 0 Å². The fourth-order valence-corrected chi connectivity index (χ4v) is 3.72. The summed E-state index contributed by atoms with van der Waals surface area (Å²) in [5, 5.41) is 3.27. The van der Waals surface area contributed by atoms with Crippen molar-refractivity contribution < 1.29 is 9.59 Å². The van der Waals surface area contributed by atoms with Crippen LogP contribution in [0.1, 0.15) is 24.5 Å². The largest absolute Gasteiger partial charge is 0.332 e. The zero-order valence-corrected chi connectivity index (χ0v) is 17.5. The van der Waals surface area contributed by atoms with E-state index in [4.69, 9.17) is 12.2 Å². The van der Waals surface area contributed by atoms with Crippen LogP contribution < -0.4 is 10.2 Å². The molecule has 0 radical (unpaired) electrons. The van der Waals surface area contributed by atoms with Gasteiger partial charge in [-0.15, -0.1) is 6.58 Å². The minimum Gasteiger partial charge on any atom is -0.332 e. The molecule has 0 aliphatic carbocycles. The Balaban J connectivity index is 1.77. The molecule has 2 aromatic carbocycles. The first-order valence-corrected chi connectivity index (χ1v) is 10.1. The number of hydrogen-bond donors (Lipinski definition) is 1. The zero-order chi connectivity index (χ0) is 21.0. The Morgan fingerprint density at radius 3 is 2.41 bits per heavy atom. The van der Waals surface area contributed by atoms with Crippen molar-refractivity contribution in [1.29, 1.82) is 0 Å². The molecule has 3 rings (SSSR count). The molecule has 0 spiro atoms. The number of aryl methyl sites for hydroxylation is 2. The molecule has 5 nitrogen and oxygen atoms in total. The fourth-order valence-electron chi connectivity index (χ4n) is 3.32. The molecule has 150 valence electrons. The van der Waals surface area contributed by atoms with Crippen LogP contribution in [0.4, 0.5) is 11.4 Å². The van der Waals surface area contributed by atoms with E-state index in [1.807, 2.05) is 55.5 Å². The number of anilines is 2. The second-order valence-electron chi connectivity index (χ2n) is 7.05. The standard InChI is InChI=1S/C23H25N3O2S/c1-4-14-25-20(15-21(27)24-18-10-8-17(5-2)9-11-18)22(28)26(23(25)29)19-12-6-16(3)7-13-19/h4,6-13,20H,1,5,14-15H2,2-3H3,(H,24,27)/t20-/m0/s1. The fraction of sp³-hybridized carbons (Fsp3) is 0.261. The van der Waals surface area contributed by atoms with Crippen molar-refractivity contribution in [2.24, 2.45) is 0 Å². The van der Waals surface area contributed by atoms with Crippen molar-refractivity contribution in [3.05, 3.63) is 72.3 Å². The molecule has 0 aromatic heterocycles. The van der Waals surface area contributed by atoms with Gasteiger partial charge in [-0.05, 0) is 55.4 Å². The van der Waals surface area contributed by atoms with Gasteiger partial charge in [0.1, 0.15) is 6.04 Å². The van der Waals surface area contributed by atoms with Crippen LogP contribution in [-0.4, -0.2) is 34.4 Å². The highest BCUT2D eigenvalue weighted by Gasteiger charge is 2.43. The summed E-state index contributed by atoms with van der Waals surface area (Å²) in [7, 11) is 0. The van der Waals surface area contributed by atoms with Crippen molar-refractivity contribution >= 4 is 40.5 Å². The van der Waals surface area contributed by atoms with E-state index in [2.05, 4.69) is 18.8 Å². The van der Waals surface area contributed by atoms with Crippen molar-refractivity contribution in [2.75, 3.05) is 16.8 Å². The molecule has 1 fully saturated rings. The smallest absolute Gasteiger partial charge is 0.256 e. The molecular weight excluding hydrogens is 382 g/mol. The Morgan fingerprint density at radius 2 is 1.83 bits per heavy atom. The number of carbonyl (C=O) groups excluding carboxylic acids is 2. The Hall–Kier alpha value is -2.99. The Kier molecular flexibility index (Phi) is 6.44. The van der Waals surface area contributed by atoms with Crippen LogP contribution in [0.2, 0.25) is 0 Å². The van der Waals surface area contributed by atoms with Crippen LogP contribution >= 0.6 is 12.2 Å². The third-order valence-electron chi connectivity index (χ3n) is 4.96. The molecule has 2 amide bonds. The number of amides is 2. The minimum absolute atomic E-state index is 0.0186. The van der Waals surface area contributed by atoms with E-state index < -0.39 is 6.04 Å². The summed E-state index contributed by atoms with van der Waals surface area (Å²) in [5.41, 5.74) is 3.72. The molecule has 1 aliphatic heterocycles. The average molecular weight is 408 g/mol. The lowest BCUT2D eigenvalue weighted by Crippen LogP contribution is -2.37. The molecule has 1 N–H and O–H groups in total. The Labute approximate surface area is 177 Å². The molecular formula is C23H25N3O2S. The molecule has 0 saturated carbocycles. The third-order valence-corrected chi connectivity index (χ3v) is 5.38. The third kappa shape index (κ3) is 4.54. The molecule has 29 heavy (non-hydrogen) atoms. The highest BCUT2D eigenvalue weighted by atomic mass is 32.1. The predicted octanol–water partition coefficient (Wildman–Crippen LogP) is 4.07.